The number of benzene rings is 1. The summed E-state index contributed by atoms with van der Waals surface area (Å²) in [6, 6.07) is 5.50. The van der Waals surface area contributed by atoms with Crippen molar-refractivity contribution in [2.24, 2.45) is 10.9 Å². The predicted molar refractivity (Wildman–Crippen MR) is 84.7 cm³/mol. The zero-order chi connectivity index (χ0) is 15.8. The third-order valence-corrected chi connectivity index (χ3v) is 3.98. The molecule has 7 heteroatoms. The highest BCUT2D eigenvalue weighted by molar-refractivity contribution is 9.10. The van der Waals surface area contributed by atoms with Crippen LogP contribution in [0.3, 0.4) is 0 Å². The van der Waals surface area contributed by atoms with Crippen LogP contribution in [-0.2, 0) is 4.74 Å². The van der Waals surface area contributed by atoms with E-state index in [0.717, 1.165) is 10.0 Å². The summed E-state index contributed by atoms with van der Waals surface area (Å²) in [7, 11) is 1.58. The molecule has 1 rings (SSSR count). The molecule has 1 aromatic carbocycles. The maximum Gasteiger partial charge on any atom is 0.254 e. The van der Waals surface area contributed by atoms with Gasteiger partial charge in [0.25, 0.3) is 5.91 Å². The fourth-order valence-electron chi connectivity index (χ4n) is 1.83. The summed E-state index contributed by atoms with van der Waals surface area (Å²) in [6.45, 7) is 3.12. The topological polar surface area (TPSA) is 88.2 Å². The van der Waals surface area contributed by atoms with Crippen LogP contribution in [0.5, 0.6) is 0 Å². The Labute approximate surface area is 132 Å². The third-order valence-electron chi connectivity index (χ3n) is 3.12. The fraction of sp³-hybridized carbons (Fsp3) is 0.429. The lowest BCUT2D eigenvalue weighted by Gasteiger charge is -2.23. The molecule has 0 heterocycles. The third kappa shape index (κ3) is 5.02. The van der Waals surface area contributed by atoms with Gasteiger partial charge in [0.15, 0.2) is 0 Å². The molecule has 6 nitrogen and oxygen atoms in total. The fourth-order valence-corrected chi connectivity index (χ4v) is 2.19. The summed E-state index contributed by atoms with van der Waals surface area (Å²) in [4.78, 5) is 14.3. The number of amides is 1. The van der Waals surface area contributed by atoms with E-state index in [-0.39, 0.29) is 11.7 Å². The minimum atomic E-state index is -0.100. The number of carbonyl (C=O) groups is 1. The number of carbonyl (C=O) groups excluding carboxylic acids is 1. The Bertz CT molecular complexity index is 520. The van der Waals surface area contributed by atoms with E-state index in [0.29, 0.717) is 31.7 Å². The SMILES string of the molecule is COCCN(CCC(N)=NO)C(=O)c1cccc(Br)c1C. The number of nitrogens with two attached hydrogens (primary N) is 1. The van der Waals surface area contributed by atoms with Gasteiger partial charge in [-0.15, -0.1) is 0 Å². The molecule has 3 N–H and O–H groups in total. The highest BCUT2D eigenvalue weighted by Gasteiger charge is 2.18. The van der Waals surface area contributed by atoms with Crippen molar-refractivity contribution in [2.75, 3.05) is 26.8 Å². The molecule has 0 aliphatic rings. The highest BCUT2D eigenvalue weighted by atomic mass is 79.9. The average molecular weight is 358 g/mol. The van der Waals surface area contributed by atoms with Crippen molar-refractivity contribution in [1.82, 2.24) is 4.90 Å². The van der Waals surface area contributed by atoms with Crippen molar-refractivity contribution in [3.05, 3.63) is 33.8 Å². The van der Waals surface area contributed by atoms with Crippen LogP contribution >= 0.6 is 15.9 Å². The molecule has 1 amide bonds. The van der Waals surface area contributed by atoms with Crippen LogP contribution in [0.4, 0.5) is 0 Å². The van der Waals surface area contributed by atoms with Crippen molar-refractivity contribution >= 4 is 27.7 Å². The quantitative estimate of drug-likeness (QED) is 0.338. The molecule has 0 aliphatic heterocycles. The standard InChI is InChI=1S/C14H20BrN3O3/c1-10-11(4-3-5-12(10)15)14(19)18(8-9-21-2)7-6-13(16)17-20/h3-5,20H,6-9H2,1-2H3,(H2,16,17). The van der Waals surface area contributed by atoms with Gasteiger partial charge in [-0.2, -0.15) is 0 Å². The molecular formula is C14H20BrN3O3. The van der Waals surface area contributed by atoms with E-state index in [9.17, 15) is 4.79 Å². The maximum atomic E-state index is 12.6. The van der Waals surface area contributed by atoms with Crippen LogP contribution in [-0.4, -0.2) is 48.7 Å². The Kier molecular flexibility index (Phi) is 7.18. The zero-order valence-electron chi connectivity index (χ0n) is 12.2. The molecule has 1 aromatic rings. The first-order valence-electron chi connectivity index (χ1n) is 6.51. The second-order valence-electron chi connectivity index (χ2n) is 4.54. The number of hydrogen-bond donors (Lipinski definition) is 2. The maximum absolute atomic E-state index is 12.6. The molecular weight excluding hydrogens is 338 g/mol. The van der Waals surface area contributed by atoms with Gasteiger partial charge in [0.2, 0.25) is 0 Å². The first-order chi connectivity index (χ1) is 10.0. The molecule has 0 aromatic heterocycles. The minimum absolute atomic E-state index is 0.0937. The summed E-state index contributed by atoms with van der Waals surface area (Å²) in [6.07, 6.45) is 0.305. The molecule has 21 heavy (non-hydrogen) atoms. The number of methoxy groups -OCH3 is 1. The second-order valence-corrected chi connectivity index (χ2v) is 5.39. The summed E-state index contributed by atoms with van der Waals surface area (Å²) >= 11 is 3.42. The largest absolute Gasteiger partial charge is 0.409 e. The molecule has 0 saturated heterocycles. The normalized spacial score (nSPS) is 11.5. The van der Waals surface area contributed by atoms with E-state index in [1.165, 1.54) is 0 Å². The van der Waals surface area contributed by atoms with E-state index in [1.54, 1.807) is 18.1 Å². The van der Waals surface area contributed by atoms with Gasteiger partial charge < -0.3 is 20.6 Å². The Morgan fingerprint density at radius 1 is 1.48 bits per heavy atom. The smallest absolute Gasteiger partial charge is 0.254 e. The van der Waals surface area contributed by atoms with Crippen LogP contribution in [0.15, 0.2) is 27.8 Å². The van der Waals surface area contributed by atoms with Gasteiger partial charge in [0.05, 0.1) is 6.61 Å². The lowest BCUT2D eigenvalue weighted by atomic mass is 10.1. The van der Waals surface area contributed by atoms with Crippen molar-refractivity contribution in [2.45, 2.75) is 13.3 Å². The molecule has 0 radical (unpaired) electrons. The highest BCUT2D eigenvalue weighted by Crippen LogP contribution is 2.20. The van der Waals surface area contributed by atoms with E-state index in [1.807, 2.05) is 19.1 Å². The molecule has 116 valence electrons. The van der Waals surface area contributed by atoms with Gasteiger partial charge in [0, 0.05) is 36.7 Å². The van der Waals surface area contributed by atoms with Crippen LogP contribution in [0, 0.1) is 6.92 Å². The molecule has 0 spiro atoms. The van der Waals surface area contributed by atoms with Crippen molar-refractivity contribution < 1.29 is 14.7 Å². The number of oxime groups is 1. The monoisotopic (exact) mass is 357 g/mol. The Morgan fingerprint density at radius 2 is 2.19 bits per heavy atom. The van der Waals surface area contributed by atoms with E-state index < -0.39 is 0 Å². The van der Waals surface area contributed by atoms with Gasteiger partial charge in [0.1, 0.15) is 5.84 Å². The van der Waals surface area contributed by atoms with Crippen molar-refractivity contribution in [3.63, 3.8) is 0 Å². The minimum Gasteiger partial charge on any atom is -0.409 e. The zero-order valence-corrected chi connectivity index (χ0v) is 13.8. The number of rotatable bonds is 7. The van der Waals surface area contributed by atoms with Gasteiger partial charge in [-0.05, 0) is 24.6 Å². The molecule has 0 fully saturated rings. The van der Waals surface area contributed by atoms with E-state index in [4.69, 9.17) is 15.7 Å². The van der Waals surface area contributed by atoms with E-state index in [2.05, 4.69) is 21.1 Å². The van der Waals surface area contributed by atoms with Crippen LogP contribution in [0.1, 0.15) is 22.3 Å². The van der Waals surface area contributed by atoms with Gasteiger partial charge >= 0.3 is 0 Å². The number of nitrogens with zero attached hydrogens (tertiary/aromatic N) is 2. The number of ether oxygens (including phenoxy) is 1. The van der Waals surface area contributed by atoms with Gasteiger partial charge in [-0.1, -0.05) is 27.2 Å². The van der Waals surface area contributed by atoms with Crippen LogP contribution in [0.2, 0.25) is 0 Å². The summed E-state index contributed by atoms with van der Waals surface area (Å²) < 4.78 is 5.92. The van der Waals surface area contributed by atoms with Crippen LogP contribution in [0.25, 0.3) is 0 Å². The van der Waals surface area contributed by atoms with Crippen molar-refractivity contribution in [3.8, 4) is 0 Å². The molecule has 0 unspecified atom stereocenters. The van der Waals surface area contributed by atoms with Crippen molar-refractivity contribution in [1.29, 1.82) is 0 Å². The number of halogens is 1. The Balaban J connectivity index is 2.90. The van der Waals surface area contributed by atoms with Gasteiger partial charge in [-0.25, -0.2) is 0 Å². The lowest BCUT2D eigenvalue weighted by molar-refractivity contribution is 0.0700. The first-order valence-corrected chi connectivity index (χ1v) is 7.30. The average Bonchev–Trinajstić information content (AvgIpc) is 2.49. The summed E-state index contributed by atoms with van der Waals surface area (Å²) in [5.74, 6) is -0.00669. The summed E-state index contributed by atoms with van der Waals surface area (Å²) in [5, 5.41) is 11.5. The number of hydrogen-bond acceptors (Lipinski definition) is 4. The van der Waals surface area contributed by atoms with E-state index >= 15 is 0 Å². The predicted octanol–water partition coefficient (Wildman–Crippen LogP) is 1.98. The molecule has 0 atom stereocenters. The number of amidine groups is 1. The Morgan fingerprint density at radius 3 is 2.81 bits per heavy atom. The van der Waals surface area contributed by atoms with Crippen LogP contribution < -0.4 is 5.73 Å². The lowest BCUT2D eigenvalue weighted by Crippen LogP contribution is -2.36. The molecule has 0 bridgehead atoms. The summed E-state index contributed by atoms with van der Waals surface area (Å²) in [5.41, 5.74) is 6.97. The second kappa shape index (κ2) is 8.63. The molecule has 0 saturated carbocycles. The molecule has 0 aliphatic carbocycles. The Hall–Kier alpha value is -1.60. The van der Waals surface area contributed by atoms with Gasteiger partial charge in [-0.3, -0.25) is 4.79 Å². The first kappa shape index (κ1) is 17.5.